The number of benzene rings is 1. The third-order valence-electron chi connectivity index (χ3n) is 3.51. The fraction of sp³-hybridized carbons (Fsp3) is 0.385. The minimum absolute atomic E-state index is 0.166. The van der Waals surface area contributed by atoms with Crippen LogP contribution in [0.1, 0.15) is 23.7 Å². The van der Waals surface area contributed by atoms with Gasteiger partial charge in [0, 0.05) is 17.9 Å². The largest absolute Gasteiger partial charge is 0.496 e. The molecule has 1 aliphatic rings. The number of rotatable bonds is 2. The zero-order valence-electron chi connectivity index (χ0n) is 10.6. The van der Waals surface area contributed by atoms with Crippen molar-refractivity contribution < 1.29 is 9.13 Å². The van der Waals surface area contributed by atoms with E-state index in [0.29, 0.717) is 18.2 Å². The first-order valence-electron chi connectivity index (χ1n) is 6.20. The smallest absolute Gasteiger partial charge is 0.239 e. The summed E-state index contributed by atoms with van der Waals surface area (Å²) in [5.74, 6) is 1.81. The van der Waals surface area contributed by atoms with Gasteiger partial charge in [-0.25, -0.2) is 9.07 Å². The first kappa shape index (κ1) is 12.0. The molecule has 1 aromatic carbocycles. The number of hydrogen-bond acceptors (Lipinski definition) is 4. The monoisotopic (exact) mass is 262 g/mol. The molecule has 19 heavy (non-hydrogen) atoms. The number of halogens is 1. The van der Waals surface area contributed by atoms with E-state index in [4.69, 9.17) is 10.5 Å². The van der Waals surface area contributed by atoms with Gasteiger partial charge in [0.25, 0.3) is 0 Å². The van der Waals surface area contributed by atoms with Crippen molar-refractivity contribution in [3.63, 3.8) is 0 Å². The zero-order valence-corrected chi connectivity index (χ0v) is 10.6. The second kappa shape index (κ2) is 4.53. The standard InChI is InChI=1S/C13H15FN4O/c1-19-11-4-3-9(14)6-10(11)8-2-5-12-16-13(15)17-18(12)7-8/h3-4,6,8H,2,5,7H2,1H3,(H2,15,17). The molecule has 2 N–H and O–H groups in total. The second-order valence-corrected chi connectivity index (χ2v) is 4.69. The maximum atomic E-state index is 13.4. The molecule has 2 aromatic rings. The second-order valence-electron chi connectivity index (χ2n) is 4.69. The Kier molecular flexibility index (Phi) is 2.85. The number of fused-ring (bicyclic) bond motifs is 1. The molecule has 1 aliphatic heterocycles. The van der Waals surface area contributed by atoms with Crippen molar-refractivity contribution in [2.24, 2.45) is 0 Å². The summed E-state index contributed by atoms with van der Waals surface area (Å²) in [5, 5.41) is 4.15. The number of anilines is 1. The molecule has 0 bridgehead atoms. The van der Waals surface area contributed by atoms with E-state index >= 15 is 0 Å². The maximum absolute atomic E-state index is 13.4. The van der Waals surface area contributed by atoms with Crippen molar-refractivity contribution in [1.29, 1.82) is 0 Å². The lowest BCUT2D eigenvalue weighted by Crippen LogP contribution is -2.20. The maximum Gasteiger partial charge on any atom is 0.239 e. The van der Waals surface area contributed by atoms with Crippen LogP contribution in [-0.4, -0.2) is 21.9 Å². The molecule has 6 heteroatoms. The van der Waals surface area contributed by atoms with Crippen LogP contribution in [0.2, 0.25) is 0 Å². The van der Waals surface area contributed by atoms with Gasteiger partial charge < -0.3 is 10.5 Å². The summed E-state index contributed by atoms with van der Waals surface area (Å²) in [5.41, 5.74) is 6.47. The molecular formula is C13H15FN4O. The highest BCUT2D eigenvalue weighted by molar-refractivity contribution is 5.37. The average Bonchev–Trinajstić information content (AvgIpc) is 2.77. The van der Waals surface area contributed by atoms with Gasteiger partial charge in [0.15, 0.2) is 0 Å². The van der Waals surface area contributed by atoms with E-state index in [2.05, 4.69) is 10.1 Å². The SMILES string of the molecule is COc1ccc(F)cc1C1CCc2nc(N)nn2C1. The average molecular weight is 262 g/mol. The van der Waals surface area contributed by atoms with Gasteiger partial charge >= 0.3 is 0 Å². The first-order chi connectivity index (χ1) is 9.17. The summed E-state index contributed by atoms with van der Waals surface area (Å²) in [6, 6.07) is 4.61. The number of ether oxygens (including phenoxy) is 1. The Labute approximate surface area is 110 Å². The van der Waals surface area contributed by atoms with Crippen LogP contribution in [-0.2, 0) is 13.0 Å². The van der Waals surface area contributed by atoms with Gasteiger partial charge in [-0.2, -0.15) is 4.98 Å². The molecular weight excluding hydrogens is 247 g/mol. The quantitative estimate of drug-likeness (QED) is 0.895. The Morgan fingerprint density at radius 2 is 2.32 bits per heavy atom. The molecule has 0 amide bonds. The number of methoxy groups -OCH3 is 1. The Morgan fingerprint density at radius 3 is 3.11 bits per heavy atom. The molecule has 1 unspecified atom stereocenters. The van der Waals surface area contributed by atoms with Gasteiger partial charge in [-0.05, 0) is 24.6 Å². The minimum Gasteiger partial charge on any atom is -0.496 e. The van der Waals surface area contributed by atoms with E-state index in [1.807, 2.05) is 0 Å². The highest BCUT2D eigenvalue weighted by atomic mass is 19.1. The third kappa shape index (κ3) is 2.14. The van der Waals surface area contributed by atoms with Crippen molar-refractivity contribution in [1.82, 2.24) is 14.8 Å². The molecule has 1 aromatic heterocycles. The number of nitrogens with zero attached hydrogens (tertiary/aromatic N) is 3. The summed E-state index contributed by atoms with van der Waals surface area (Å²) in [6.45, 7) is 0.652. The van der Waals surface area contributed by atoms with Crippen molar-refractivity contribution >= 4 is 5.95 Å². The van der Waals surface area contributed by atoms with E-state index in [-0.39, 0.29) is 11.7 Å². The van der Waals surface area contributed by atoms with Crippen LogP contribution in [0, 0.1) is 5.82 Å². The summed E-state index contributed by atoms with van der Waals surface area (Å²) < 4.78 is 20.5. The fourth-order valence-electron chi connectivity index (χ4n) is 2.61. The lowest BCUT2D eigenvalue weighted by molar-refractivity contribution is 0.379. The Hall–Kier alpha value is -2.11. The molecule has 0 radical (unpaired) electrons. The Morgan fingerprint density at radius 1 is 1.47 bits per heavy atom. The van der Waals surface area contributed by atoms with Crippen molar-refractivity contribution in [2.75, 3.05) is 12.8 Å². The number of hydrogen-bond donors (Lipinski definition) is 1. The molecule has 2 heterocycles. The summed E-state index contributed by atoms with van der Waals surface area (Å²) in [4.78, 5) is 4.16. The summed E-state index contributed by atoms with van der Waals surface area (Å²) in [6.07, 6.45) is 1.67. The predicted molar refractivity (Wildman–Crippen MR) is 68.4 cm³/mol. The van der Waals surface area contributed by atoms with E-state index in [1.54, 1.807) is 17.9 Å². The number of nitrogen functional groups attached to an aromatic ring is 1. The van der Waals surface area contributed by atoms with Crippen LogP contribution in [0.3, 0.4) is 0 Å². The number of aryl methyl sites for hydroxylation is 1. The van der Waals surface area contributed by atoms with Gasteiger partial charge in [-0.15, -0.1) is 5.10 Å². The van der Waals surface area contributed by atoms with E-state index in [1.165, 1.54) is 12.1 Å². The molecule has 0 fully saturated rings. The van der Waals surface area contributed by atoms with Gasteiger partial charge in [0.05, 0.1) is 13.7 Å². The fourth-order valence-corrected chi connectivity index (χ4v) is 2.61. The zero-order chi connectivity index (χ0) is 13.4. The first-order valence-corrected chi connectivity index (χ1v) is 6.20. The van der Waals surface area contributed by atoms with Crippen LogP contribution in [0.5, 0.6) is 5.75 Å². The molecule has 1 atom stereocenters. The third-order valence-corrected chi connectivity index (χ3v) is 3.51. The van der Waals surface area contributed by atoms with Crippen LogP contribution in [0.4, 0.5) is 10.3 Å². The molecule has 5 nitrogen and oxygen atoms in total. The predicted octanol–water partition coefficient (Wildman–Crippen LogP) is 1.74. The topological polar surface area (TPSA) is 66.0 Å². The lowest BCUT2D eigenvalue weighted by atomic mass is 9.91. The van der Waals surface area contributed by atoms with Gasteiger partial charge in [0.2, 0.25) is 5.95 Å². The Balaban J connectivity index is 1.94. The number of aromatic nitrogens is 3. The van der Waals surface area contributed by atoms with Crippen LogP contribution >= 0.6 is 0 Å². The van der Waals surface area contributed by atoms with Crippen molar-refractivity contribution in [3.8, 4) is 5.75 Å². The van der Waals surface area contributed by atoms with Gasteiger partial charge in [-0.3, -0.25) is 0 Å². The molecule has 3 rings (SSSR count). The van der Waals surface area contributed by atoms with Crippen LogP contribution < -0.4 is 10.5 Å². The van der Waals surface area contributed by atoms with E-state index in [9.17, 15) is 4.39 Å². The van der Waals surface area contributed by atoms with E-state index < -0.39 is 0 Å². The lowest BCUT2D eigenvalue weighted by Gasteiger charge is -2.24. The summed E-state index contributed by atoms with van der Waals surface area (Å²) >= 11 is 0. The molecule has 0 saturated heterocycles. The molecule has 0 spiro atoms. The van der Waals surface area contributed by atoms with E-state index in [0.717, 1.165) is 24.2 Å². The summed E-state index contributed by atoms with van der Waals surface area (Å²) in [7, 11) is 1.60. The van der Waals surface area contributed by atoms with Gasteiger partial charge in [-0.1, -0.05) is 0 Å². The minimum atomic E-state index is -0.250. The molecule has 100 valence electrons. The van der Waals surface area contributed by atoms with Crippen molar-refractivity contribution in [2.45, 2.75) is 25.3 Å². The molecule has 0 aliphatic carbocycles. The highest BCUT2D eigenvalue weighted by Crippen LogP contribution is 2.34. The van der Waals surface area contributed by atoms with Crippen LogP contribution in [0.15, 0.2) is 18.2 Å². The Bertz CT molecular complexity index is 611. The highest BCUT2D eigenvalue weighted by Gasteiger charge is 2.25. The number of nitrogens with two attached hydrogens (primary N) is 1. The molecule has 0 saturated carbocycles. The van der Waals surface area contributed by atoms with Crippen LogP contribution in [0.25, 0.3) is 0 Å². The van der Waals surface area contributed by atoms with Gasteiger partial charge in [0.1, 0.15) is 17.4 Å². The van der Waals surface area contributed by atoms with Crippen molar-refractivity contribution in [3.05, 3.63) is 35.4 Å². The normalized spacial score (nSPS) is 18.1.